The first-order valence-corrected chi connectivity index (χ1v) is 28.3. The van der Waals surface area contributed by atoms with E-state index in [9.17, 15) is 53.4 Å². The zero-order valence-corrected chi connectivity index (χ0v) is 47.6. The third kappa shape index (κ3) is 28.2. The third-order valence-corrected chi connectivity index (χ3v) is 13.1. The number of hydrogen-bond donors (Lipinski definition) is 17. The molecule has 450 valence electrons. The van der Waals surface area contributed by atoms with Gasteiger partial charge in [-0.1, -0.05) is 80.6 Å². The van der Waals surface area contributed by atoms with E-state index >= 15 is 0 Å². The maximum absolute atomic E-state index is 14.2. The summed E-state index contributed by atoms with van der Waals surface area (Å²) in [4.78, 5) is 126. The number of carbonyl (C=O) groups excluding carboxylic acids is 9. The number of aliphatic hydroxyl groups excluding tert-OH is 2. The number of rotatable bonds is 27. The summed E-state index contributed by atoms with van der Waals surface area (Å²) < 4.78 is 0. The van der Waals surface area contributed by atoms with E-state index in [1.807, 2.05) is 41.5 Å². The minimum Gasteiger partial charge on any atom is -0.393 e. The van der Waals surface area contributed by atoms with Crippen LogP contribution >= 0.6 is 0 Å². The van der Waals surface area contributed by atoms with Gasteiger partial charge in [-0.05, 0) is 115 Å². The lowest BCUT2D eigenvalue weighted by Crippen LogP contribution is -2.62. The van der Waals surface area contributed by atoms with Gasteiger partial charge in [-0.2, -0.15) is 0 Å². The summed E-state index contributed by atoms with van der Waals surface area (Å²) in [6.07, 6.45) is 1.92. The van der Waals surface area contributed by atoms with Gasteiger partial charge in [-0.25, -0.2) is 0 Å². The first kappa shape index (κ1) is 70.9. The number of unbranched alkanes of at least 4 members (excludes halogenated alkanes) is 4. The summed E-state index contributed by atoms with van der Waals surface area (Å²) in [7, 11) is 0. The van der Waals surface area contributed by atoms with Gasteiger partial charge in [0.05, 0.1) is 24.6 Å². The molecule has 0 aromatic carbocycles. The van der Waals surface area contributed by atoms with Gasteiger partial charge in [0.2, 0.25) is 53.2 Å². The maximum Gasteiger partial charge on any atom is 0.243 e. The average Bonchev–Trinajstić information content (AvgIpc) is 3.35. The highest BCUT2D eigenvalue weighted by Crippen LogP contribution is 2.14. The Morgan fingerprint density at radius 1 is 0.538 bits per heavy atom. The van der Waals surface area contributed by atoms with Crippen LogP contribution in [-0.2, 0) is 43.2 Å². The molecule has 1 fully saturated rings. The summed E-state index contributed by atoms with van der Waals surface area (Å²) in [5, 5.41) is 49.5. The fourth-order valence-corrected chi connectivity index (χ4v) is 8.88. The second-order valence-electron chi connectivity index (χ2n) is 21.7. The fraction of sp³-hybridized carbons (Fsp3) is 0.827. The molecule has 1 saturated heterocycles. The molecule has 22 N–H and O–H groups in total. The van der Waals surface area contributed by atoms with E-state index < -0.39 is 120 Å². The quantitative estimate of drug-likeness (QED) is 0.0358. The van der Waals surface area contributed by atoms with E-state index in [1.54, 1.807) is 0 Å². The number of nitrogens with one attached hydrogen (secondary N) is 10. The molecule has 78 heavy (non-hydrogen) atoms. The van der Waals surface area contributed by atoms with Crippen LogP contribution in [0.1, 0.15) is 151 Å². The smallest absolute Gasteiger partial charge is 0.243 e. The van der Waals surface area contributed by atoms with Gasteiger partial charge in [-0.15, -0.1) is 0 Å². The van der Waals surface area contributed by atoms with E-state index in [0.717, 1.165) is 32.1 Å². The Hall–Kier alpha value is -5.09. The highest BCUT2D eigenvalue weighted by Gasteiger charge is 2.36. The predicted molar refractivity (Wildman–Crippen MR) is 297 cm³/mol. The average molecular weight is 1110 g/mol. The Kier molecular flexibility index (Phi) is 35.7. The molecule has 0 aromatic rings. The van der Waals surface area contributed by atoms with Crippen LogP contribution in [0.2, 0.25) is 0 Å². The predicted octanol–water partition coefficient (Wildman–Crippen LogP) is -3.34. The Balaban J connectivity index is 3.91. The molecule has 1 unspecified atom stereocenters. The zero-order valence-electron chi connectivity index (χ0n) is 47.6. The van der Waals surface area contributed by atoms with Crippen molar-refractivity contribution in [1.29, 1.82) is 0 Å². The summed E-state index contributed by atoms with van der Waals surface area (Å²) in [6.45, 7) is 12.5. The normalized spacial score (nSPS) is 25.0. The third-order valence-electron chi connectivity index (χ3n) is 13.1. The Labute approximate surface area is 462 Å². The molecule has 26 nitrogen and oxygen atoms in total. The van der Waals surface area contributed by atoms with Crippen LogP contribution in [0.5, 0.6) is 0 Å². The first-order chi connectivity index (χ1) is 36.9. The largest absolute Gasteiger partial charge is 0.393 e. The minimum atomic E-state index is -1.76. The molecule has 0 spiro atoms. The molecule has 0 saturated carbocycles. The topological polar surface area (TPSA) is 444 Å². The molecule has 0 bridgehead atoms. The molecule has 0 radical (unpaired) electrons. The van der Waals surface area contributed by atoms with Crippen LogP contribution in [0.4, 0.5) is 0 Å². The molecule has 11 atom stereocenters. The molecule has 9 amide bonds. The van der Waals surface area contributed by atoms with Gasteiger partial charge >= 0.3 is 0 Å². The van der Waals surface area contributed by atoms with Crippen LogP contribution in [0, 0.1) is 17.8 Å². The van der Waals surface area contributed by atoms with Crippen molar-refractivity contribution in [3.05, 3.63) is 0 Å². The molecule has 0 aliphatic carbocycles. The summed E-state index contributed by atoms with van der Waals surface area (Å²) in [6, 6.07) is -11.3. The lowest BCUT2D eigenvalue weighted by molar-refractivity contribution is -0.136. The van der Waals surface area contributed by atoms with E-state index in [0.29, 0.717) is 6.42 Å². The lowest BCUT2D eigenvalue weighted by Gasteiger charge is -2.31. The molecular formula is C52H101N15O11. The Morgan fingerprint density at radius 2 is 0.923 bits per heavy atom. The van der Waals surface area contributed by atoms with Crippen LogP contribution in [-0.4, -0.2) is 169 Å². The minimum absolute atomic E-state index is 0.0385. The van der Waals surface area contributed by atoms with E-state index in [1.165, 1.54) is 0 Å². The van der Waals surface area contributed by atoms with Crippen molar-refractivity contribution in [2.75, 3.05) is 39.3 Å². The molecule has 0 aromatic heterocycles. The SMILES string of the molecule is CCCCCCC[C@@H](O)CC(=O)N[C@H](CCN)C(=O)N[C@H]1CCNC(=O)[C@H](CC(C)C)NC(=O)[C@H](CCN)NC(=O)[C@H](CCN)NC(=O)[C@H](CC(C)C)NC(=O)[C@@H](CC(C)C)NC(=O)[C@H](CCN)NC(=O)[C@@H](CCN)NC1O. The number of nitrogens with two attached hydrogens (primary N) is 5. The highest BCUT2D eigenvalue weighted by molar-refractivity contribution is 5.97. The van der Waals surface area contributed by atoms with Crippen LogP contribution in [0.25, 0.3) is 0 Å². The Bertz CT molecular complexity index is 1850. The zero-order chi connectivity index (χ0) is 58.9. The fourth-order valence-electron chi connectivity index (χ4n) is 8.88. The monoisotopic (exact) mass is 1110 g/mol. The van der Waals surface area contributed by atoms with Gasteiger partial charge in [0, 0.05) is 6.54 Å². The highest BCUT2D eigenvalue weighted by atomic mass is 16.3. The summed E-state index contributed by atoms with van der Waals surface area (Å²) in [5.41, 5.74) is 29.6. The summed E-state index contributed by atoms with van der Waals surface area (Å²) in [5.74, 6) is -7.09. The van der Waals surface area contributed by atoms with Crippen molar-refractivity contribution < 1.29 is 53.4 Å². The van der Waals surface area contributed by atoms with Gasteiger partial charge < -0.3 is 86.7 Å². The van der Waals surface area contributed by atoms with Crippen molar-refractivity contribution in [3.63, 3.8) is 0 Å². The van der Waals surface area contributed by atoms with Crippen LogP contribution < -0.4 is 81.8 Å². The summed E-state index contributed by atoms with van der Waals surface area (Å²) >= 11 is 0. The second kappa shape index (κ2) is 39.3. The number of carbonyl (C=O) groups is 9. The van der Waals surface area contributed by atoms with Crippen LogP contribution in [0.3, 0.4) is 0 Å². The van der Waals surface area contributed by atoms with E-state index in [4.69, 9.17) is 28.7 Å². The van der Waals surface area contributed by atoms with Crippen molar-refractivity contribution >= 4 is 53.2 Å². The number of amides is 9. The number of hydrogen-bond acceptors (Lipinski definition) is 17. The van der Waals surface area contributed by atoms with E-state index in [-0.39, 0.29) is 121 Å². The standard InChI is InChI=1S/C52H101N15O11/c1-8-9-10-11-12-13-33(68)29-43(69)59-34(14-20-53)45(71)64-39-19-25-58-44(70)40(26-30(2)3)65-48(74)37(17-23-56)60-47(73)36(16-22-55)63-51(77)41(27-31(4)5)67-52(78)42(28-32(6)7)66-49(75)38(18-24-57)61-46(72)35(15-21-54)62-50(39)76/h30-42,50,62,68,76H,8-29,53-57H2,1-7H3,(H,58,70)(H,59,69)(H,60,73)(H,61,72)(H,63,77)(H,64,71)(H,65,74)(H,66,75)(H,67,78)/t33-,34-,35-,36+,37+,38+,39+,40+,41+,42-,50?/m1/s1. The molecule has 26 heteroatoms. The van der Waals surface area contributed by atoms with Gasteiger partial charge in [0.1, 0.15) is 48.5 Å². The maximum atomic E-state index is 14.2. The molecule has 1 aliphatic rings. The van der Waals surface area contributed by atoms with Crippen molar-refractivity contribution in [3.8, 4) is 0 Å². The first-order valence-electron chi connectivity index (χ1n) is 28.3. The van der Waals surface area contributed by atoms with Gasteiger partial charge in [0.15, 0.2) is 0 Å². The van der Waals surface area contributed by atoms with Crippen molar-refractivity contribution in [1.82, 2.24) is 53.2 Å². The Morgan fingerprint density at radius 3 is 1.33 bits per heavy atom. The second-order valence-corrected chi connectivity index (χ2v) is 21.7. The van der Waals surface area contributed by atoms with Gasteiger partial charge in [0.25, 0.3) is 0 Å². The van der Waals surface area contributed by atoms with Crippen molar-refractivity contribution in [2.45, 2.75) is 218 Å². The molecule has 1 rings (SSSR count). The van der Waals surface area contributed by atoms with Gasteiger partial charge in [-0.3, -0.25) is 48.5 Å². The molecular weight excluding hydrogens is 1010 g/mol. The number of aliphatic hydroxyl groups is 2. The molecule has 1 aliphatic heterocycles. The van der Waals surface area contributed by atoms with Crippen LogP contribution in [0.15, 0.2) is 0 Å². The molecule has 1 heterocycles. The lowest BCUT2D eigenvalue weighted by atomic mass is 9.99. The van der Waals surface area contributed by atoms with Crippen molar-refractivity contribution in [2.24, 2.45) is 46.4 Å². The van der Waals surface area contributed by atoms with E-state index in [2.05, 4.69) is 60.1 Å².